The van der Waals surface area contributed by atoms with E-state index in [9.17, 15) is 13.2 Å². The van der Waals surface area contributed by atoms with Crippen LogP contribution in [0.4, 0.5) is 0 Å². The van der Waals surface area contributed by atoms with Gasteiger partial charge in [0, 0.05) is 24.8 Å². The lowest BCUT2D eigenvalue weighted by Gasteiger charge is -2.25. The van der Waals surface area contributed by atoms with Crippen LogP contribution in [0.2, 0.25) is 0 Å². The van der Waals surface area contributed by atoms with E-state index in [2.05, 4.69) is 5.10 Å². The van der Waals surface area contributed by atoms with Gasteiger partial charge in [0.15, 0.2) is 6.29 Å². The number of carbonyl (C=O) groups excluding carboxylic acids is 1. The second-order valence-electron chi connectivity index (χ2n) is 6.82. The fraction of sp³-hybridized carbons (Fsp3) is 0.238. The first-order valence-electron chi connectivity index (χ1n) is 9.30. The summed E-state index contributed by atoms with van der Waals surface area (Å²) in [6, 6.07) is 16.1. The Labute approximate surface area is 164 Å². The molecule has 2 aromatic carbocycles. The molecule has 1 aromatic heterocycles. The second-order valence-corrected chi connectivity index (χ2v) is 8.76. The van der Waals surface area contributed by atoms with Crippen LogP contribution in [0.5, 0.6) is 0 Å². The van der Waals surface area contributed by atoms with Gasteiger partial charge in [-0.05, 0) is 37.1 Å². The molecule has 0 atom stereocenters. The summed E-state index contributed by atoms with van der Waals surface area (Å²) in [6.07, 6.45) is 5.31. The van der Waals surface area contributed by atoms with E-state index in [1.54, 1.807) is 39.4 Å². The largest absolute Gasteiger partial charge is 0.298 e. The van der Waals surface area contributed by atoms with E-state index in [1.807, 2.05) is 30.3 Å². The first kappa shape index (κ1) is 18.6. The van der Waals surface area contributed by atoms with Gasteiger partial charge in [0.25, 0.3) is 0 Å². The van der Waals surface area contributed by atoms with Crippen molar-refractivity contribution in [2.75, 3.05) is 13.1 Å². The van der Waals surface area contributed by atoms with Crippen molar-refractivity contribution in [1.82, 2.24) is 14.1 Å². The fourth-order valence-corrected chi connectivity index (χ4v) is 4.97. The van der Waals surface area contributed by atoms with Crippen LogP contribution in [0.3, 0.4) is 0 Å². The van der Waals surface area contributed by atoms with Crippen LogP contribution in [0, 0.1) is 0 Å². The SMILES string of the molecule is O=Cc1cn(-c2ccccc2)nc1-c1ccc(S(=O)(=O)N2CCCCC2)cc1. The lowest BCUT2D eigenvalue weighted by molar-refractivity contribution is 0.112. The van der Waals surface area contributed by atoms with Crippen LogP contribution in [0.15, 0.2) is 65.7 Å². The van der Waals surface area contributed by atoms with Crippen LogP contribution in [-0.2, 0) is 10.0 Å². The van der Waals surface area contributed by atoms with Gasteiger partial charge in [0.05, 0.1) is 16.1 Å². The van der Waals surface area contributed by atoms with Gasteiger partial charge < -0.3 is 0 Å². The molecule has 1 aliphatic rings. The van der Waals surface area contributed by atoms with Crippen molar-refractivity contribution in [2.24, 2.45) is 0 Å². The summed E-state index contributed by atoms with van der Waals surface area (Å²) in [5.41, 5.74) is 2.53. The zero-order chi connectivity index (χ0) is 19.6. The van der Waals surface area contributed by atoms with E-state index in [1.165, 1.54) is 0 Å². The van der Waals surface area contributed by atoms with Crippen molar-refractivity contribution in [2.45, 2.75) is 24.2 Å². The number of aldehydes is 1. The highest BCUT2D eigenvalue weighted by Crippen LogP contribution is 2.26. The summed E-state index contributed by atoms with van der Waals surface area (Å²) in [4.78, 5) is 11.8. The molecule has 0 aliphatic carbocycles. The Morgan fingerprint density at radius 3 is 2.21 bits per heavy atom. The molecule has 6 nitrogen and oxygen atoms in total. The first-order chi connectivity index (χ1) is 13.6. The molecule has 7 heteroatoms. The number of sulfonamides is 1. The zero-order valence-electron chi connectivity index (χ0n) is 15.4. The minimum Gasteiger partial charge on any atom is -0.298 e. The van der Waals surface area contributed by atoms with Crippen LogP contribution < -0.4 is 0 Å². The summed E-state index contributed by atoms with van der Waals surface area (Å²) < 4.78 is 28.8. The minimum atomic E-state index is -3.48. The van der Waals surface area contributed by atoms with Gasteiger partial charge in [-0.3, -0.25) is 4.79 Å². The number of carbonyl (C=O) groups is 1. The van der Waals surface area contributed by atoms with E-state index >= 15 is 0 Å². The summed E-state index contributed by atoms with van der Waals surface area (Å²) in [5.74, 6) is 0. The highest BCUT2D eigenvalue weighted by Gasteiger charge is 2.26. The van der Waals surface area contributed by atoms with Gasteiger partial charge in [0.1, 0.15) is 5.69 Å². The standard InChI is InChI=1S/C21H21N3O3S/c25-16-18-15-24(19-7-3-1-4-8-19)22-21(18)17-9-11-20(12-10-17)28(26,27)23-13-5-2-6-14-23/h1,3-4,7-12,15-16H,2,5-6,13-14H2. The van der Waals surface area contributed by atoms with Gasteiger partial charge in [-0.25, -0.2) is 13.1 Å². The molecular weight excluding hydrogens is 374 g/mol. The average Bonchev–Trinajstić information content (AvgIpc) is 3.20. The molecule has 2 heterocycles. The third-order valence-corrected chi connectivity index (χ3v) is 6.88. The molecule has 28 heavy (non-hydrogen) atoms. The Hall–Kier alpha value is -2.77. The molecule has 144 valence electrons. The molecule has 0 amide bonds. The number of nitrogens with zero attached hydrogens (tertiary/aromatic N) is 3. The minimum absolute atomic E-state index is 0.272. The maximum absolute atomic E-state index is 12.8. The van der Waals surface area contributed by atoms with Crippen molar-refractivity contribution < 1.29 is 13.2 Å². The zero-order valence-corrected chi connectivity index (χ0v) is 16.2. The maximum atomic E-state index is 12.8. The highest BCUT2D eigenvalue weighted by molar-refractivity contribution is 7.89. The molecule has 1 aliphatic heterocycles. The van der Waals surface area contributed by atoms with Crippen LogP contribution in [-0.4, -0.2) is 41.9 Å². The third-order valence-electron chi connectivity index (χ3n) is 4.97. The van der Waals surface area contributed by atoms with Gasteiger partial charge >= 0.3 is 0 Å². The van der Waals surface area contributed by atoms with Crippen molar-refractivity contribution in [3.63, 3.8) is 0 Å². The number of benzene rings is 2. The average molecular weight is 395 g/mol. The smallest absolute Gasteiger partial charge is 0.243 e. The van der Waals surface area contributed by atoms with E-state index in [-0.39, 0.29) is 4.90 Å². The third kappa shape index (κ3) is 3.50. The number of piperidine rings is 1. The summed E-state index contributed by atoms with van der Waals surface area (Å²) in [6.45, 7) is 1.14. The quantitative estimate of drug-likeness (QED) is 0.620. The molecule has 0 unspecified atom stereocenters. The van der Waals surface area contributed by atoms with Crippen LogP contribution in [0.1, 0.15) is 29.6 Å². The van der Waals surface area contributed by atoms with E-state index in [0.29, 0.717) is 29.9 Å². The lowest BCUT2D eigenvalue weighted by Crippen LogP contribution is -2.35. The van der Waals surface area contributed by atoms with Gasteiger partial charge in [-0.1, -0.05) is 36.8 Å². The monoisotopic (exact) mass is 395 g/mol. The fourth-order valence-electron chi connectivity index (χ4n) is 3.45. The van der Waals surface area contributed by atoms with Crippen molar-refractivity contribution >= 4 is 16.3 Å². The second kappa shape index (κ2) is 7.69. The predicted molar refractivity (Wildman–Crippen MR) is 107 cm³/mol. The molecule has 0 saturated carbocycles. The summed E-state index contributed by atoms with van der Waals surface area (Å²) in [7, 11) is -3.48. The molecule has 1 saturated heterocycles. The van der Waals surface area contributed by atoms with Crippen LogP contribution >= 0.6 is 0 Å². The molecule has 0 N–H and O–H groups in total. The van der Waals surface area contributed by atoms with Gasteiger partial charge in [0.2, 0.25) is 10.0 Å². The molecule has 4 rings (SSSR count). The molecular formula is C21H21N3O3S. The Kier molecular flexibility index (Phi) is 5.11. The molecule has 3 aromatic rings. The maximum Gasteiger partial charge on any atom is 0.243 e. The number of hydrogen-bond donors (Lipinski definition) is 0. The Morgan fingerprint density at radius 1 is 0.893 bits per heavy atom. The van der Waals surface area contributed by atoms with Crippen molar-refractivity contribution in [1.29, 1.82) is 0 Å². The summed E-state index contributed by atoms with van der Waals surface area (Å²) >= 11 is 0. The normalized spacial score (nSPS) is 15.4. The predicted octanol–water partition coefficient (Wildman–Crippen LogP) is 3.53. The molecule has 0 bridgehead atoms. The summed E-state index contributed by atoms with van der Waals surface area (Å²) in [5, 5.41) is 4.53. The lowest BCUT2D eigenvalue weighted by atomic mass is 10.1. The van der Waals surface area contributed by atoms with Crippen molar-refractivity contribution in [3.05, 3.63) is 66.4 Å². The molecule has 0 spiro atoms. The van der Waals surface area contributed by atoms with Gasteiger partial charge in [-0.15, -0.1) is 0 Å². The number of hydrogen-bond acceptors (Lipinski definition) is 4. The number of para-hydroxylation sites is 1. The van der Waals surface area contributed by atoms with E-state index in [0.717, 1.165) is 31.2 Å². The Morgan fingerprint density at radius 2 is 1.57 bits per heavy atom. The number of aromatic nitrogens is 2. The highest BCUT2D eigenvalue weighted by atomic mass is 32.2. The van der Waals surface area contributed by atoms with Gasteiger partial charge in [-0.2, -0.15) is 9.40 Å². The Bertz CT molecular complexity index is 1070. The van der Waals surface area contributed by atoms with Crippen molar-refractivity contribution in [3.8, 4) is 16.9 Å². The van der Waals surface area contributed by atoms with Crippen LogP contribution in [0.25, 0.3) is 16.9 Å². The first-order valence-corrected chi connectivity index (χ1v) is 10.7. The number of rotatable bonds is 5. The van der Waals surface area contributed by atoms with E-state index in [4.69, 9.17) is 0 Å². The molecule has 0 radical (unpaired) electrons. The Balaban J connectivity index is 1.66. The molecule has 1 fully saturated rings. The topological polar surface area (TPSA) is 72.3 Å². The van der Waals surface area contributed by atoms with E-state index < -0.39 is 10.0 Å².